The molecule has 0 bridgehead atoms. The van der Waals surface area contributed by atoms with Crippen molar-refractivity contribution in [2.75, 3.05) is 31.6 Å². The van der Waals surface area contributed by atoms with Crippen LogP contribution < -0.4 is 5.32 Å². The minimum absolute atomic E-state index is 0.0733. The Morgan fingerprint density at radius 1 is 1.38 bits per heavy atom. The van der Waals surface area contributed by atoms with Crippen LogP contribution in [-0.2, 0) is 14.3 Å². The second-order valence-electron chi connectivity index (χ2n) is 4.88. The lowest BCUT2D eigenvalue weighted by atomic mass is 10.2. The van der Waals surface area contributed by atoms with E-state index in [-0.39, 0.29) is 24.7 Å². The van der Waals surface area contributed by atoms with Crippen molar-refractivity contribution in [2.45, 2.75) is 12.5 Å². The van der Waals surface area contributed by atoms with E-state index >= 15 is 0 Å². The first-order valence-electron chi connectivity index (χ1n) is 6.64. The number of nitrogens with one attached hydrogen (secondary N) is 1. The number of anilines is 1. The van der Waals surface area contributed by atoms with E-state index in [0.29, 0.717) is 25.4 Å². The summed E-state index contributed by atoms with van der Waals surface area (Å²) < 4.78 is 18.1. The second-order valence-corrected chi connectivity index (χ2v) is 4.88. The van der Waals surface area contributed by atoms with Gasteiger partial charge in [0.05, 0.1) is 25.7 Å². The summed E-state index contributed by atoms with van der Waals surface area (Å²) in [6.07, 6.45) is -0.467. The molecule has 0 spiro atoms. The van der Waals surface area contributed by atoms with Crippen LogP contribution in [0.15, 0.2) is 24.3 Å². The van der Waals surface area contributed by atoms with Crippen LogP contribution in [0.1, 0.15) is 6.42 Å². The summed E-state index contributed by atoms with van der Waals surface area (Å²) in [5.41, 5.74) is 0.525. The highest BCUT2D eigenvalue weighted by molar-refractivity contribution is 5.92. The average molecular weight is 296 g/mol. The Labute approximate surface area is 121 Å². The molecule has 1 aromatic rings. The van der Waals surface area contributed by atoms with Crippen molar-refractivity contribution in [2.24, 2.45) is 0 Å². The van der Waals surface area contributed by atoms with Crippen molar-refractivity contribution < 1.29 is 23.8 Å². The van der Waals surface area contributed by atoms with Crippen molar-refractivity contribution in [1.29, 1.82) is 0 Å². The Morgan fingerprint density at radius 3 is 2.76 bits per heavy atom. The zero-order chi connectivity index (χ0) is 15.2. The van der Waals surface area contributed by atoms with Gasteiger partial charge in [0.1, 0.15) is 5.82 Å². The zero-order valence-corrected chi connectivity index (χ0v) is 11.4. The highest BCUT2D eigenvalue weighted by Gasteiger charge is 2.24. The molecule has 0 aliphatic carbocycles. The van der Waals surface area contributed by atoms with Crippen molar-refractivity contribution in [3.8, 4) is 0 Å². The maximum absolute atomic E-state index is 12.8. The van der Waals surface area contributed by atoms with Crippen LogP contribution in [0.3, 0.4) is 0 Å². The minimum atomic E-state index is -0.919. The molecule has 1 amide bonds. The zero-order valence-electron chi connectivity index (χ0n) is 11.4. The number of nitrogens with zero attached hydrogens (tertiary/aromatic N) is 1. The number of aliphatic carboxylic acids is 1. The summed E-state index contributed by atoms with van der Waals surface area (Å²) in [5, 5.41) is 11.4. The summed E-state index contributed by atoms with van der Waals surface area (Å²) >= 11 is 0. The number of hydrogen-bond donors (Lipinski definition) is 2. The fraction of sp³-hybridized carbons (Fsp3) is 0.429. The van der Waals surface area contributed by atoms with Crippen molar-refractivity contribution in [1.82, 2.24) is 4.90 Å². The van der Waals surface area contributed by atoms with E-state index in [1.807, 2.05) is 4.90 Å². The Balaban J connectivity index is 1.81. The lowest BCUT2D eigenvalue weighted by Gasteiger charge is -2.31. The molecule has 1 aromatic carbocycles. The molecular weight excluding hydrogens is 279 g/mol. The molecule has 0 saturated carbocycles. The Bertz CT molecular complexity index is 506. The third kappa shape index (κ3) is 5.13. The number of carbonyl (C=O) groups excluding carboxylic acids is 1. The molecule has 1 aliphatic rings. The van der Waals surface area contributed by atoms with Gasteiger partial charge in [-0.2, -0.15) is 0 Å². The molecule has 1 heterocycles. The van der Waals surface area contributed by atoms with E-state index in [1.54, 1.807) is 0 Å². The van der Waals surface area contributed by atoms with Gasteiger partial charge >= 0.3 is 5.97 Å². The molecule has 1 fully saturated rings. The second kappa shape index (κ2) is 7.14. The Hall–Kier alpha value is -1.99. The molecule has 114 valence electrons. The lowest BCUT2D eigenvalue weighted by molar-refractivity contribution is -0.142. The van der Waals surface area contributed by atoms with Crippen LogP contribution in [0, 0.1) is 5.82 Å². The van der Waals surface area contributed by atoms with E-state index in [2.05, 4.69) is 5.32 Å². The molecule has 2 rings (SSSR count). The topological polar surface area (TPSA) is 78.9 Å². The molecule has 2 N–H and O–H groups in total. The predicted octanol–water partition coefficient (Wildman–Crippen LogP) is 0.940. The lowest BCUT2D eigenvalue weighted by Crippen LogP contribution is -2.46. The fourth-order valence-electron chi connectivity index (χ4n) is 2.18. The van der Waals surface area contributed by atoms with E-state index in [0.717, 1.165) is 0 Å². The van der Waals surface area contributed by atoms with Crippen LogP contribution in [0.2, 0.25) is 0 Å². The molecule has 0 radical (unpaired) electrons. The summed E-state index contributed by atoms with van der Waals surface area (Å²) in [7, 11) is 0. The van der Waals surface area contributed by atoms with Gasteiger partial charge in [-0.1, -0.05) is 0 Å². The molecule has 21 heavy (non-hydrogen) atoms. The number of amides is 1. The largest absolute Gasteiger partial charge is 0.481 e. The third-order valence-electron chi connectivity index (χ3n) is 3.12. The maximum atomic E-state index is 12.8. The molecule has 7 heteroatoms. The average Bonchev–Trinajstić information content (AvgIpc) is 2.41. The van der Waals surface area contributed by atoms with Crippen LogP contribution in [0.5, 0.6) is 0 Å². The van der Waals surface area contributed by atoms with Crippen LogP contribution >= 0.6 is 0 Å². The first-order chi connectivity index (χ1) is 10.0. The van der Waals surface area contributed by atoms with E-state index < -0.39 is 12.1 Å². The number of ether oxygens (including phenoxy) is 1. The fourth-order valence-corrected chi connectivity index (χ4v) is 2.18. The van der Waals surface area contributed by atoms with Crippen molar-refractivity contribution >= 4 is 17.6 Å². The maximum Gasteiger partial charge on any atom is 0.306 e. The number of carbonyl (C=O) groups is 2. The smallest absolute Gasteiger partial charge is 0.306 e. The first-order valence-corrected chi connectivity index (χ1v) is 6.64. The molecule has 1 saturated heterocycles. The molecule has 1 aliphatic heterocycles. The summed E-state index contributed by atoms with van der Waals surface area (Å²) in [4.78, 5) is 24.4. The van der Waals surface area contributed by atoms with Crippen molar-refractivity contribution in [3.05, 3.63) is 30.1 Å². The van der Waals surface area contributed by atoms with Gasteiger partial charge in [0, 0.05) is 18.8 Å². The monoisotopic (exact) mass is 296 g/mol. The number of halogens is 1. The molecule has 1 unspecified atom stereocenters. The van der Waals surface area contributed by atoms with Gasteiger partial charge in [0.2, 0.25) is 5.91 Å². The highest BCUT2D eigenvalue weighted by atomic mass is 19.1. The summed E-state index contributed by atoms with van der Waals surface area (Å²) in [5.74, 6) is -1.51. The molecule has 1 atom stereocenters. The Morgan fingerprint density at radius 2 is 2.10 bits per heavy atom. The Kier molecular flexibility index (Phi) is 5.24. The summed E-state index contributed by atoms with van der Waals surface area (Å²) in [6.45, 7) is 1.54. The number of carboxylic acid groups (broad SMARTS) is 1. The van der Waals surface area contributed by atoms with Crippen LogP contribution in [0.4, 0.5) is 10.1 Å². The SMILES string of the molecule is O=C(O)CC1CN(CC(=O)Nc2ccc(F)cc2)CCO1. The van der Waals surface area contributed by atoms with Gasteiger partial charge in [-0.25, -0.2) is 4.39 Å². The van der Waals surface area contributed by atoms with Gasteiger partial charge in [-0.15, -0.1) is 0 Å². The normalized spacial score (nSPS) is 19.2. The number of rotatable bonds is 5. The van der Waals surface area contributed by atoms with Gasteiger partial charge in [0.25, 0.3) is 0 Å². The van der Waals surface area contributed by atoms with E-state index in [9.17, 15) is 14.0 Å². The molecule has 0 aromatic heterocycles. The van der Waals surface area contributed by atoms with Crippen LogP contribution in [-0.4, -0.2) is 54.2 Å². The standard InChI is InChI=1S/C14H17FN2O4/c15-10-1-3-11(4-2-10)16-13(18)9-17-5-6-21-12(8-17)7-14(19)20/h1-4,12H,5-9H2,(H,16,18)(H,19,20). The first kappa shape index (κ1) is 15.4. The van der Waals surface area contributed by atoms with E-state index in [1.165, 1.54) is 24.3 Å². The highest BCUT2D eigenvalue weighted by Crippen LogP contribution is 2.10. The summed E-state index contributed by atoms with van der Waals surface area (Å²) in [6, 6.07) is 5.51. The van der Waals surface area contributed by atoms with Gasteiger partial charge < -0.3 is 15.2 Å². The molecular formula is C14H17FN2O4. The third-order valence-corrected chi connectivity index (χ3v) is 3.12. The van der Waals surface area contributed by atoms with Gasteiger partial charge in [-0.05, 0) is 24.3 Å². The van der Waals surface area contributed by atoms with Gasteiger partial charge in [0.15, 0.2) is 0 Å². The number of morpholine rings is 1. The number of benzene rings is 1. The van der Waals surface area contributed by atoms with Crippen LogP contribution in [0.25, 0.3) is 0 Å². The van der Waals surface area contributed by atoms with Gasteiger partial charge in [-0.3, -0.25) is 14.5 Å². The minimum Gasteiger partial charge on any atom is -0.481 e. The predicted molar refractivity (Wildman–Crippen MR) is 73.5 cm³/mol. The van der Waals surface area contributed by atoms with Crippen molar-refractivity contribution in [3.63, 3.8) is 0 Å². The quantitative estimate of drug-likeness (QED) is 0.845. The molecule has 6 nitrogen and oxygen atoms in total. The number of carboxylic acids is 1. The van der Waals surface area contributed by atoms with E-state index in [4.69, 9.17) is 9.84 Å². The number of hydrogen-bond acceptors (Lipinski definition) is 4.